The van der Waals surface area contributed by atoms with Crippen LogP contribution in [0.25, 0.3) is 22.9 Å². The van der Waals surface area contributed by atoms with E-state index in [0.717, 1.165) is 45.9 Å². The summed E-state index contributed by atoms with van der Waals surface area (Å²) >= 11 is 1.51. The lowest BCUT2D eigenvalue weighted by atomic mass is 10.1. The maximum Gasteiger partial charge on any atom is 0.211 e. The maximum atomic E-state index is 11.7. The van der Waals surface area contributed by atoms with E-state index in [4.69, 9.17) is 14.5 Å². The minimum atomic E-state index is -0.131. The number of carbonyl (C=O) groups is 2. The van der Waals surface area contributed by atoms with Gasteiger partial charge < -0.3 is 19.8 Å². The third kappa shape index (κ3) is 14.9. The van der Waals surface area contributed by atoms with E-state index in [0.29, 0.717) is 24.7 Å². The average Bonchev–Trinajstić information content (AvgIpc) is 3.57. The van der Waals surface area contributed by atoms with Crippen molar-refractivity contribution in [3.8, 4) is 11.3 Å². The van der Waals surface area contributed by atoms with Gasteiger partial charge in [-0.05, 0) is 52.2 Å². The number of nitrogens with one attached hydrogen (secondary N) is 2. The summed E-state index contributed by atoms with van der Waals surface area (Å²) in [4.78, 5) is 30.0. The Morgan fingerprint density at radius 3 is 2.46 bits per heavy atom. The van der Waals surface area contributed by atoms with Gasteiger partial charge in [-0.2, -0.15) is 0 Å². The van der Waals surface area contributed by atoms with Crippen molar-refractivity contribution in [3.63, 3.8) is 0 Å². The molecule has 0 fully saturated rings. The van der Waals surface area contributed by atoms with E-state index in [1.807, 2.05) is 37.6 Å². The SMILES string of the molecule is C=C/C=C\c1c(-c2csc(/C(C)=C/C(=C\NC=O)C(C)=O)n2)c[nH]c1C.CCC.CCCC(C)OC(CC)COC. The maximum absolute atomic E-state index is 11.7. The van der Waals surface area contributed by atoms with Crippen molar-refractivity contribution in [3.05, 3.63) is 64.4 Å². The molecule has 0 aromatic carbocycles. The fraction of sp³-hybridized carbons (Fsp3) is 0.485. The van der Waals surface area contributed by atoms with Gasteiger partial charge >= 0.3 is 0 Å². The minimum Gasteiger partial charge on any atom is -0.382 e. The summed E-state index contributed by atoms with van der Waals surface area (Å²) in [5, 5.41) is 5.21. The van der Waals surface area contributed by atoms with Crippen LogP contribution in [0.3, 0.4) is 0 Å². The minimum absolute atomic E-state index is 0.131. The summed E-state index contributed by atoms with van der Waals surface area (Å²) in [5.74, 6) is -0.131. The van der Waals surface area contributed by atoms with Crippen molar-refractivity contribution >= 4 is 35.2 Å². The standard InChI is InChI=1S/C20H21N3O2S.C10H22O2.C3H8/c1-5-6-7-17-14(3)22-10-18(17)19-11-26-20(23-19)13(2)8-16(15(4)25)9-21-12-24;1-5-7-9(3)12-10(6-2)8-11-4;1-3-2/h5-12,22H,1H2,2-4H3,(H,21,24);9-10H,5-8H2,1-4H3;3H2,1-2H3/b7-6-,13-8+,16-9+;;. The molecular weight excluding hydrogens is 534 g/mol. The number of aromatic nitrogens is 2. The van der Waals surface area contributed by atoms with Crippen molar-refractivity contribution in [2.24, 2.45) is 0 Å². The van der Waals surface area contributed by atoms with Gasteiger partial charge in [0.15, 0.2) is 5.78 Å². The van der Waals surface area contributed by atoms with Gasteiger partial charge in [-0.15, -0.1) is 11.3 Å². The smallest absolute Gasteiger partial charge is 0.211 e. The Bertz CT molecular complexity index is 1130. The van der Waals surface area contributed by atoms with Crippen LogP contribution in [0, 0.1) is 6.92 Å². The number of nitrogens with zero attached hydrogens (tertiary/aromatic N) is 1. The summed E-state index contributed by atoms with van der Waals surface area (Å²) in [6.45, 7) is 20.5. The molecule has 0 aliphatic carbocycles. The molecule has 0 saturated heterocycles. The Morgan fingerprint density at radius 2 is 1.93 bits per heavy atom. The molecule has 0 spiro atoms. The fourth-order valence-corrected chi connectivity index (χ4v) is 4.41. The zero-order chi connectivity index (χ0) is 31.2. The Labute approximate surface area is 251 Å². The lowest BCUT2D eigenvalue weighted by Gasteiger charge is -2.20. The topological polar surface area (TPSA) is 93.3 Å². The Kier molecular flexibility index (Phi) is 20.9. The van der Waals surface area contributed by atoms with Gasteiger partial charge in [0.1, 0.15) is 5.01 Å². The third-order valence-corrected chi connectivity index (χ3v) is 6.63. The van der Waals surface area contributed by atoms with Crippen LogP contribution in [0.1, 0.15) is 90.4 Å². The molecule has 0 aliphatic rings. The highest BCUT2D eigenvalue weighted by Gasteiger charge is 2.13. The number of methoxy groups -OCH3 is 1. The van der Waals surface area contributed by atoms with Crippen LogP contribution in [-0.2, 0) is 19.1 Å². The van der Waals surface area contributed by atoms with Crippen LogP contribution in [0.15, 0.2) is 48.2 Å². The summed E-state index contributed by atoms with van der Waals surface area (Å²) in [6, 6.07) is 0. The molecule has 0 saturated carbocycles. The second kappa shape index (κ2) is 22.6. The fourth-order valence-electron chi connectivity index (χ4n) is 3.61. The molecule has 2 N–H and O–H groups in total. The van der Waals surface area contributed by atoms with E-state index in [-0.39, 0.29) is 11.9 Å². The van der Waals surface area contributed by atoms with Crippen LogP contribution in [0.4, 0.5) is 0 Å². The number of aryl methyl sites for hydroxylation is 1. The van der Waals surface area contributed by atoms with Crippen molar-refractivity contribution in [2.75, 3.05) is 13.7 Å². The van der Waals surface area contributed by atoms with Crippen molar-refractivity contribution in [1.29, 1.82) is 0 Å². The van der Waals surface area contributed by atoms with E-state index in [1.54, 1.807) is 19.3 Å². The second-order valence-electron chi connectivity index (χ2n) is 9.57. The van der Waals surface area contributed by atoms with E-state index < -0.39 is 0 Å². The van der Waals surface area contributed by atoms with Gasteiger partial charge in [-0.3, -0.25) is 9.59 Å². The van der Waals surface area contributed by atoms with Crippen LogP contribution in [-0.4, -0.2) is 48.1 Å². The first-order valence-electron chi connectivity index (χ1n) is 14.3. The van der Waals surface area contributed by atoms with Crippen LogP contribution < -0.4 is 5.32 Å². The molecule has 8 heteroatoms. The zero-order valence-electron chi connectivity index (χ0n) is 26.5. The van der Waals surface area contributed by atoms with Gasteiger partial charge in [0, 0.05) is 47.3 Å². The van der Waals surface area contributed by atoms with E-state index in [1.165, 1.54) is 37.3 Å². The quantitative estimate of drug-likeness (QED) is 0.125. The molecule has 2 unspecified atom stereocenters. The molecular formula is C33H51N3O4S. The van der Waals surface area contributed by atoms with Gasteiger partial charge in [0.25, 0.3) is 0 Å². The van der Waals surface area contributed by atoms with Crippen molar-refractivity contribution in [2.45, 2.75) is 93.3 Å². The number of carbonyl (C=O) groups excluding carboxylic acids is 2. The highest BCUT2D eigenvalue weighted by molar-refractivity contribution is 7.11. The van der Waals surface area contributed by atoms with Crippen molar-refractivity contribution < 1.29 is 19.1 Å². The van der Waals surface area contributed by atoms with E-state index >= 15 is 0 Å². The molecule has 0 bridgehead atoms. The van der Waals surface area contributed by atoms with Gasteiger partial charge in [0.2, 0.25) is 6.41 Å². The number of ketones is 1. The number of allylic oxidation sites excluding steroid dienone is 5. The monoisotopic (exact) mass is 585 g/mol. The molecule has 2 aromatic rings. The number of rotatable bonds is 15. The first-order chi connectivity index (χ1) is 19.6. The van der Waals surface area contributed by atoms with Crippen LogP contribution in [0.2, 0.25) is 0 Å². The molecule has 1 amide bonds. The number of hydrogen-bond acceptors (Lipinski definition) is 6. The predicted octanol–water partition coefficient (Wildman–Crippen LogP) is 8.30. The Balaban J connectivity index is 0.000000893. The number of H-pyrrole nitrogens is 1. The van der Waals surface area contributed by atoms with Crippen molar-refractivity contribution in [1.82, 2.24) is 15.3 Å². The molecule has 41 heavy (non-hydrogen) atoms. The highest BCUT2D eigenvalue weighted by Crippen LogP contribution is 2.31. The van der Waals surface area contributed by atoms with Gasteiger partial charge in [-0.25, -0.2) is 4.98 Å². The summed E-state index contributed by atoms with van der Waals surface area (Å²) in [6.07, 6.45) is 16.4. The molecule has 2 atom stereocenters. The summed E-state index contributed by atoms with van der Waals surface area (Å²) in [7, 11) is 1.72. The first kappa shape index (κ1) is 37.9. The lowest BCUT2D eigenvalue weighted by molar-refractivity contribution is -0.113. The molecule has 228 valence electrons. The number of aromatic amines is 1. The summed E-state index contributed by atoms with van der Waals surface area (Å²) < 4.78 is 10.8. The summed E-state index contributed by atoms with van der Waals surface area (Å²) in [5.41, 5.74) is 5.28. The molecule has 2 heterocycles. The van der Waals surface area contributed by atoms with Crippen LogP contribution >= 0.6 is 11.3 Å². The molecule has 2 aromatic heterocycles. The number of hydrogen-bond donors (Lipinski definition) is 2. The lowest BCUT2D eigenvalue weighted by Crippen LogP contribution is -2.23. The molecule has 0 aliphatic heterocycles. The molecule has 0 radical (unpaired) electrons. The average molecular weight is 586 g/mol. The highest BCUT2D eigenvalue weighted by atomic mass is 32.1. The van der Waals surface area contributed by atoms with Gasteiger partial charge in [0.05, 0.1) is 24.5 Å². The number of Topliss-reactive ketones (excluding diaryl/α,β-unsaturated/α-hetero) is 1. The number of ether oxygens (including phenoxy) is 2. The Hall–Kier alpha value is -3.07. The first-order valence-corrected chi connectivity index (χ1v) is 15.2. The second-order valence-corrected chi connectivity index (χ2v) is 10.4. The Morgan fingerprint density at radius 1 is 1.24 bits per heavy atom. The van der Waals surface area contributed by atoms with E-state index in [9.17, 15) is 9.59 Å². The predicted molar refractivity (Wildman–Crippen MR) is 175 cm³/mol. The molecule has 2 rings (SSSR count). The normalized spacial score (nSPS) is 13.0. The largest absolute Gasteiger partial charge is 0.382 e. The zero-order valence-corrected chi connectivity index (χ0v) is 27.3. The number of thiazole rings is 1. The number of amides is 1. The van der Waals surface area contributed by atoms with E-state index in [2.05, 4.69) is 51.5 Å². The third-order valence-electron chi connectivity index (χ3n) is 5.66. The van der Waals surface area contributed by atoms with Crippen LogP contribution in [0.5, 0.6) is 0 Å². The molecule has 7 nitrogen and oxygen atoms in total. The van der Waals surface area contributed by atoms with Gasteiger partial charge in [-0.1, -0.05) is 65.3 Å².